The van der Waals surface area contributed by atoms with Gasteiger partial charge in [-0.1, -0.05) is 5.21 Å². The molecule has 98 valence electrons. The highest BCUT2D eigenvalue weighted by molar-refractivity contribution is 5.86. The molecular weight excluding hydrogens is 240 g/mol. The van der Waals surface area contributed by atoms with Crippen molar-refractivity contribution in [1.29, 1.82) is 0 Å². The Kier molecular flexibility index (Phi) is 3.56. The molecule has 8 nitrogen and oxygen atoms in total. The summed E-state index contributed by atoms with van der Waals surface area (Å²) in [7, 11) is 1.47. The number of nitrogens with zero attached hydrogens (tertiary/aromatic N) is 3. The summed E-state index contributed by atoms with van der Waals surface area (Å²) in [5.74, 6) is -1.13. The maximum atomic E-state index is 11.1. The molecule has 18 heavy (non-hydrogen) atoms. The monoisotopic (exact) mass is 254 g/mol. The zero-order chi connectivity index (χ0) is 13.1. The molecule has 0 aromatic carbocycles. The molecule has 1 saturated heterocycles. The molecule has 1 aliphatic heterocycles. The molecule has 0 aliphatic carbocycles. The lowest BCUT2D eigenvalue weighted by Crippen LogP contribution is -2.30. The SMILES string of the molecule is COCc1c(C(=O)O)nnn1CC1CCC(=O)N1. The molecule has 0 bridgehead atoms. The third kappa shape index (κ3) is 2.48. The second-order valence-electron chi connectivity index (χ2n) is 4.11. The van der Waals surface area contributed by atoms with Crippen molar-refractivity contribution in [3.05, 3.63) is 11.4 Å². The molecule has 1 fully saturated rings. The van der Waals surface area contributed by atoms with Gasteiger partial charge in [0.05, 0.1) is 18.8 Å². The van der Waals surface area contributed by atoms with E-state index in [2.05, 4.69) is 15.6 Å². The predicted octanol–water partition coefficient (Wildman–Crippen LogP) is -0.599. The summed E-state index contributed by atoms with van der Waals surface area (Å²) in [4.78, 5) is 22.1. The molecule has 2 heterocycles. The third-order valence-electron chi connectivity index (χ3n) is 2.80. The first-order valence-corrected chi connectivity index (χ1v) is 5.55. The maximum Gasteiger partial charge on any atom is 0.358 e. The highest BCUT2D eigenvalue weighted by Gasteiger charge is 2.25. The topological polar surface area (TPSA) is 106 Å². The molecule has 0 spiro atoms. The summed E-state index contributed by atoms with van der Waals surface area (Å²) in [6.45, 7) is 0.528. The molecule has 2 rings (SSSR count). The van der Waals surface area contributed by atoms with Crippen LogP contribution >= 0.6 is 0 Å². The number of carbonyl (C=O) groups excluding carboxylic acids is 1. The van der Waals surface area contributed by atoms with Crippen LogP contribution in [-0.2, 0) is 22.7 Å². The fraction of sp³-hybridized carbons (Fsp3) is 0.600. The quantitative estimate of drug-likeness (QED) is 0.726. The molecule has 2 N–H and O–H groups in total. The average molecular weight is 254 g/mol. The van der Waals surface area contributed by atoms with Crippen molar-refractivity contribution < 1.29 is 19.4 Å². The summed E-state index contributed by atoms with van der Waals surface area (Å²) < 4.78 is 6.43. The molecule has 1 atom stereocenters. The standard InChI is InChI=1S/C10H14N4O4/c1-18-5-7-9(10(16)17)12-13-14(7)4-6-2-3-8(15)11-6/h6H,2-5H2,1H3,(H,11,15)(H,16,17). The van der Waals surface area contributed by atoms with Crippen LogP contribution in [0.3, 0.4) is 0 Å². The van der Waals surface area contributed by atoms with Gasteiger partial charge in [0.25, 0.3) is 0 Å². The summed E-state index contributed by atoms with van der Waals surface area (Å²) in [6.07, 6.45) is 1.21. The highest BCUT2D eigenvalue weighted by Crippen LogP contribution is 2.12. The van der Waals surface area contributed by atoms with Crippen molar-refractivity contribution in [3.63, 3.8) is 0 Å². The zero-order valence-corrected chi connectivity index (χ0v) is 9.92. The minimum atomic E-state index is -1.14. The Labute approximate surface area is 103 Å². The van der Waals surface area contributed by atoms with Crippen LogP contribution in [0.1, 0.15) is 29.0 Å². The number of hydrogen-bond acceptors (Lipinski definition) is 5. The predicted molar refractivity (Wildman–Crippen MR) is 58.9 cm³/mol. The molecule has 0 radical (unpaired) electrons. The number of hydrogen-bond donors (Lipinski definition) is 2. The Morgan fingerprint density at radius 2 is 2.44 bits per heavy atom. The molecule has 1 aliphatic rings. The molecule has 8 heteroatoms. The van der Waals surface area contributed by atoms with E-state index in [4.69, 9.17) is 9.84 Å². The van der Waals surface area contributed by atoms with E-state index in [1.165, 1.54) is 11.8 Å². The number of nitrogens with one attached hydrogen (secondary N) is 1. The number of aromatic carboxylic acids is 1. The number of methoxy groups -OCH3 is 1. The number of ether oxygens (including phenoxy) is 1. The van der Waals surface area contributed by atoms with Crippen LogP contribution in [0.5, 0.6) is 0 Å². The lowest BCUT2D eigenvalue weighted by Gasteiger charge is -2.11. The Morgan fingerprint density at radius 3 is 3.00 bits per heavy atom. The smallest absolute Gasteiger partial charge is 0.358 e. The van der Waals surface area contributed by atoms with E-state index in [0.717, 1.165) is 0 Å². The van der Waals surface area contributed by atoms with Gasteiger partial charge in [-0.15, -0.1) is 5.10 Å². The van der Waals surface area contributed by atoms with E-state index in [1.54, 1.807) is 0 Å². The lowest BCUT2D eigenvalue weighted by molar-refractivity contribution is -0.119. The molecule has 1 aromatic rings. The van der Waals surface area contributed by atoms with Gasteiger partial charge in [-0.3, -0.25) is 4.79 Å². The molecule has 1 unspecified atom stereocenters. The normalized spacial score (nSPS) is 18.9. The first-order chi connectivity index (χ1) is 8.61. The van der Waals surface area contributed by atoms with Crippen LogP contribution in [0.15, 0.2) is 0 Å². The van der Waals surface area contributed by atoms with Gasteiger partial charge in [0.15, 0.2) is 5.69 Å². The van der Waals surface area contributed by atoms with Gasteiger partial charge in [-0.05, 0) is 6.42 Å². The summed E-state index contributed by atoms with van der Waals surface area (Å²) >= 11 is 0. The first-order valence-electron chi connectivity index (χ1n) is 5.55. The highest BCUT2D eigenvalue weighted by atomic mass is 16.5. The van der Waals surface area contributed by atoms with Crippen LogP contribution < -0.4 is 5.32 Å². The largest absolute Gasteiger partial charge is 0.476 e. The van der Waals surface area contributed by atoms with Crippen LogP contribution in [0.25, 0.3) is 0 Å². The van der Waals surface area contributed by atoms with Crippen molar-refractivity contribution in [2.45, 2.75) is 32.0 Å². The Morgan fingerprint density at radius 1 is 1.67 bits per heavy atom. The average Bonchev–Trinajstić information content (AvgIpc) is 2.88. The van der Waals surface area contributed by atoms with Crippen LogP contribution in [0.4, 0.5) is 0 Å². The van der Waals surface area contributed by atoms with E-state index in [9.17, 15) is 9.59 Å². The van der Waals surface area contributed by atoms with Gasteiger partial charge in [-0.2, -0.15) is 0 Å². The summed E-state index contributed by atoms with van der Waals surface area (Å²) in [6, 6.07) is -0.0311. The van der Waals surface area contributed by atoms with Crippen molar-refractivity contribution in [3.8, 4) is 0 Å². The van der Waals surface area contributed by atoms with Crippen molar-refractivity contribution in [2.75, 3.05) is 7.11 Å². The van der Waals surface area contributed by atoms with Gasteiger partial charge in [0, 0.05) is 19.6 Å². The molecule has 0 saturated carbocycles. The number of amides is 1. The van der Waals surface area contributed by atoms with Gasteiger partial charge in [0.2, 0.25) is 5.91 Å². The molecule has 1 aromatic heterocycles. The lowest BCUT2D eigenvalue weighted by atomic mass is 10.2. The van der Waals surface area contributed by atoms with E-state index in [-0.39, 0.29) is 24.2 Å². The second-order valence-corrected chi connectivity index (χ2v) is 4.11. The Hall–Kier alpha value is -1.96. The summed E-state index contributed by atoms with van der Waals surface area (Å²) in [5.41, 5.74) is 0.298. The van der Waals surface area contributed by atoms with Crippen molar-refractivity contribution in [1.82, 2.24) is 20.3 Å². The van der Waals surface area contributed by atoms with E-state index < -0.39 is 5.97 Å². The summed E-state index contributed by atoms with van der Waals surface area (Å²) in [5, 5.41) is 19.2. The van der Waals surface area contributed by atoms with Gasteiger partial charge in [-0.25, -0.2) is 9.48 Å². The van der Waals surface area contributed by atoms with Gasteiger partial charge < -0.3 is 15.2 Å². The Balaban J connectivity index is 2.16. The second kappa shape index (κ2) is 5.13. The fourth-order valence-corrected chi connectivity index (χ4v) is 1.95. The number of aromatic nitrogens is 3. The molecule has 1 amide bonds. The van der Waals surface area contributed by atoms with E-state index >= 15 is 0 Å². The number of carboxylic acids is 1. The maximum absolute atomic E-state index is 11.1. The first kappa shape index (κ1) is 12.5. The fourth-order valence-electron chi connectivity index (χ4n) is 1.95. The third-order valence-corrected chi connectivity index (χ3v) is 2.80. The number of rotatable bonds is 5. The van der Waals surface area contributed by atoms with Crippen molar-refractivity contribution in [2.24, 2.45) is 0 Å². The van der Waals surface area contributed by atoms with E-state index in [0.29, 0.717) is 25.1 Å². The van der Waals surface area contributed by atoms with Crippen molar-refractivity contribution >= 4 is 11.9 Å². The van der Waals surface area contributed by atoms with Crippen LogP contribution in [-0.4, -0.2) is 45.1 Å². The van der Waals surface area contributed by atoms with Crippen LogP contribution in [0, 0.1) is 0 Å². The van der Waals surface area contributed by atoms with Gasteiger partial charge >= 0.3 is 5.97 Å². The van der Waals surface area contributed by atoms with Crippen LogP contribution in [0.2, 0.25) is 0 Å². The Bertz CT molecular complexity index is 470. The number of carbonyl (C=O) groups is 2. The minimum absolute atomic E-state index is 0.00636. The number of carboxylic acid groups (broad SMARTS) is 1. The van der Waals surface area contributed by atoms with Gasteiger partial charge in [0.1, 0.15) is 0 Å². The zero-order valence-electron chi connectivity index (χ0n) is 9.92. The van der Waals surface area contributed by atoms with E-state index in [1.807, 2.05) is 0 Å². The molecular formula is C10H14N4O4. The minimum Gasteiger partial charge on any atom is -0.476 e.